The highest BCUT2D eigenvalue weighted by atomic mass is 16.3. The van der Waals surface area contributed by atoms with Crippen molar-refractivity contribution in [2.75, 3.05) is 11.9 Å². The molecule has 4 N–H and O–H groups in total. The summed E-state index contributed by atoms with van der Waals surface area (Å²) >= 11 is 0. The Morgan fingerprint density at radius 3 is 2.71 bits per heavy atom. The molecule has 0 aliphatic carbocycles. The van der Waals surface area contributed by atoms with Crippen molar-refractivity contribution in [1.82, 2.24) is 15.2 Å². The third kappa shape index (κ3) is 2.94. The van der Waals surface area contributed by atoms with E-state index in [0.29, 0.717) is 0 Å². The van der Waals surface area contributed by atoms with Crippen molar-refractivity contribution in [3.63, 3.8) is 0 Å². The van der Waals surface area contributed by atoms with Crippen LogP contribution in [0.1, 0.15) is 17.5 Å². The summed E-state index contributed by atoms with van der Waals surface area (Å²) in [4.78, 5) is 13.2. The van der Waals surface area contributed by atoms with Gasteiger partial charge in [-0.1, -0.05) is 17.7 Å². The smallest absolute Gasteiger partial charge is 0.340 e. The number of rotatable bonds is 4. The van der Waals surface area contributed by atoms with Gasteiger partial charge in [0, 0.05) is 12.2 Å². The minimum atomic E-state index is -0.852. The van der Waals surface area contributed by atoms with Gasteiger partial charge in [-0.2, -0.15) is 5.10 Å². The number of hydrogen-bond acceptors (Lipinski definition) is 4. The number of aliphatic hydroxyl groups excluding tert-OH is 1. The van der Waals surface area contributed by atoms with Gasteiger partial charge in [0.15, 0.2) is 5.82 Å². The third-order valence-corrected chi connectivity index (χ3v) is 2.39. The van der Waals surface area contributed by atoms with Gasteiger partial charge in [-0.05, 0) is 19.1 Å². The van der Waals surface area contributed by atoms with E-state index in [1.54, 1.807) is 0 Å². The molecule has 0 radical (unpaired) electrons. The molecule has 1 aromatic carbocycles. The first kappa shape index (κ1) is 11.4. The monoisotopic (exact) mass is 234 g/mol. The van der Waals surface area contributed by atoms with Crippen LogP contribution in [0.2, 0.25) is 0 Å². The quantitative estimate of drug-likeness (QED) is 0.621. The molecular weight excluding hydrogens is 220 g/mol. The van der Waals surface area contributed by atoms with Crippen LogP contribution in [0.5, 0.6) is 0 Å². The van der Waals surface area contributed by atoms with E-state index >= 15 is 0 Å². The molecule has 6 heteroatoms. The van der Waals surface area contributed by atoms with Crippen molar-refractivity contribution in [1.29, 1.82) is 0 Å². The van der Waals surface area contributed by atoms with Crippen LogP contribution in [-0.4, -0.2) is 26.8 Å². The molecule has 2 rings (SSSR count). The molecule has 0 bridgehead atoms. The zero-order valence-electron chi connectivity index (χ0n) is 9.40. The first-order valence-electron chi connectivity index (χ1n) is 5.28. The Morgan fingerprint density at radius 1 is 1.41 bits per heavy atom. The van der Waals surface area contributed by atoms with E-state index in [4.69, 9.17) is 0 Å². The lowest BCUT2D eigenvalue weighted by Gasteiger charge is -2.10. The van der Waals surface area contributed by atoms with Gasteiger partial charge in [-0.25, -0.2) is 9.89 Å². The average Bonchev–Trinajstić information content (AvgIpc) is 2.75. The van der Waals surface area contributed by atoms with E-state index in [9.17, 15) is 9.90 Å². The highest BCUT2D eigenvalue weighted by molar-refractivity contribution is 5.44. The number of hydrogen-bond donors (Lipinski definition) is 4. The zero-order chi connectivity index (χ0) is 12.3. The van der Waals surface area contributed by atoms with Crippen molar-refractivity contribution in [2.45, 2.75) is 13.0 Å². The number of nitrogens with zero attached hydrogens (tertiary/aromatic N) is 1. The Balaban J connectivity index is 1.94. The molecule has 0 aliphatic rings. The largest absolute Gasteiger partial charge is 0.383 e. The van der Waals surface area contributed by atoms with Crippen LogP contribution in [0.3, 0.4) is 0 Å². The molecule has 0 spiro atoms. The maximum absolute atomic E-state index is 10.8. The van der Waals surface area contributed by atoms with Gasteiger partial charge in [0.25, 0.3) is 0 Å². The van der Waals surface area contributed by atoms with E-state index in [-0.39, 0.29) is 12.4 Å². The first-order valence-corrected chi connectivity index (χ1v) is 5.28. The lowest BCUT2D eigenvalue weighted by atomic mass is 10.2. The van der Waals surface area contributed by atoms with E-state index in [2.05, 4.69) is 20.5 Å². The Morgan fingerprint density at radius 2 is 2.12 bits per heavy atom. The molecule has 2 aromatic rings. The van der Waals surface area contributed by atoms with Gasteiger partial charge in [0.2, 0.25) is 0 Å². The van der Waals surface area contributed by atoms with Crippen LogP contribution >= 0.6 is 0 Å². The standard InChI is InChI=1S/C11H14N4O2/c1-7-2-4-8(5-3-7)12-6-9(16)10-13-11(17)15-14-10/h2-5,9,12,16H,6H2,1H3,(H2,13,14,15,17). The number of H-pyrrole nitrogens is 2. The second-order valence-corrected chi connectivity index (χ2v) is 3.83. The molecular formula is C11H14N4O2. The molecule has 90 valence electrons. The molecule has 1 heterocycles. The fourth-order valence-corrected chi connectivity index (χ4v) is 1.42. The van der Waals surface area contributed by atoms with E-state index < -0.39 is 11.8 Å². The van der Waals surface area contributed by atoms with E-state index in [1.807, 2.05) is 31.2 Å². The van der Waals surface area contributed by atoms with Gasteiger partial charge in [-0.3, -0.25) is 4.98 Å². The highest BCUT2D eigenvalue weighted by Crippen LogP contribution is 2.11. The third-order valence-electron chi connectivity index (χ3n) is 2.39. The van der Waals surface area contributed by atoms with E-state index in [1.165, 1.54) is 5.56 Å². The number of anilines is 1. The molecule has 6 nitrogen and oxygen atoms in total. The van der Waals surface area contributed by atoms with Crippen LogP contribution in [0.4, 0.5) is 5.69 Å². The normalized spacial score (nSPS) is 12.4. The Kier molecular flexibility index (Phi) is 3.24. The predicted octanol–water partition coefficient (Wildman–Crippen LogP) is 0.552. The summed E-state index contributed by atoms with van der Waals surface area (Å²) in [5.41, 5.74) is 1.66. The summed E-state index contributed by atoms with van der Waals surface area (Å²) < 4.78 is 0. The summed E-state index contributed by atoms with van der Waals surface area (Å²) in [6, 6.07) is 7.81. The fourth-order valence-electron chi connectivity index (χ4n) is 1.42. The number of aryl methyl sites for hydroxylation is 1. The fraction of sp³-hybridized carbons (Fsp3) is 0.273. The maximum atomic E-state index is 10.8. The average molecular weight is 234 g/mol. The molecule has 1 aromatic heterocycles. The highest BCUT2D eigenvalue weighted by Gasteiger charge is 2.10. The molecule has 0 amide bonds. The van der Waals surface area contributed by atoms with Crippen LogP contribution < -0.4 is 11.0 Å². The van der Waals surface area contributed by atoms with Gasteiger partial charge < -0.3 is 10.4 Å². The number of aromatic amines is 2. The lowest BCUT2D eigenvalue weighted by molar-refractivity contribution is 0.182. The maximum Gasteiger partial charge on any atom is 0.340 e. The SMILES string of the molecule is Cc1ccc(NCC(O)c2n[nH]c(=O)[nH]2)cc1. The van der Waals surface area contributed by atoms with Crippen LogP contribution in [0.25, 0.3) is 0 Å². The molecule has 17 heavy (non-hydrogen) atoms. The first-order chi connectivity index (χ1) is 8.15. The Labute approximate surface area is 97.7 Å². The number of aliphatic hydroxyl groups is 1. The van der Waals surface area contributed by atoms with Crippen LogP contribution in [0.15, 0.2) is 29.1 Å². The van der Waals surface area contributed by atoms with Gasteiger partial charge >= 0.3 is 5.69 Å². The Bertz CT molecular complexity index is 529. The molecule has 0 aliphatic heterocycles. The Hall–Kier alpha value is -2.08. The van der Waals surface area contributed by atoms with Gasteiger partial charge in [-0.15, -0.1) is 0 Å². The summed E-state index contributed by atoms with van der Waals surface area (Å²) in [5, 5.41) is 18.7. The van der Waals surface area contributed by atoms with Gasteiger partial charge in [0.05, 0.1) is 0 Å². The molecule has 0 saturated heterocycles. The summed E-state index contributed by atoms with van der Waals surface area (Å²) in [7, 11) is 0. The van der Waals surface area contributed by atoms with Crippen molar-refractivity contribution >= 4 is 5.69 Å². The zero-order valence-corrected chi connectivity index (χ0v) is 9.40. The number of nitrogens with one attached hydrogen (secondary N) is 3. The molecule has 1 atom stereocenters. The summed E-state index contributed by atoms with van der Waals surface area (Å²) in [5.74, 6) is 0.231. The van der Waals surface area contributed by atoms with Crippen molar-refractivity contribution in [3.8, 4) is 0 Å². The second kappa shape index (κ2) is 4.84. The number of benzene rings is 1. The van der Waals surface area contributed by atoms with Gasteiger partial charge in [0.1, 0.15) is 6.10 Å². The summed E-state index contributed by atoms with van der Waals surface area (Å²) in [6.07, 6.45) is -0.852. The predicted molar refractivity (Wildman–Crippen MR) is 63.8 cm³/mol. The van der Waals surface area contributed by atoms with Crippen molar-refractivity contribution < 1.29 is 5.11 Å². The molecule has 0 saturated carbocycles. The number of aromatic nitrogens is 3. The second-order valence-electron chi connectivity index (χ2n) is 3.83. The molecule has 0 fully saturated rings. The van der Waals surface area contributed by atoms with Crippen LogP contribution in [-0.2, 0) is 0 Å². The van der Waals surface area contributed by atoms with Crippen LogP contribution in [0, 0.1) is 6.92 Å². The minimum absolute atomic E-state index is 0.231. The van der Waals surface area contributed by atoms with Crippen molar-refractivity contribution in [2.24, 2.45) is 0 Å². The summed E-state index contributed by atoms with van der Waals surface area (Å²) in [6.45, 7) is 2.29. The molecule has 1 unspecified atom stereocenters. The minimum Gasteiger partial charge on any atom is -0.383 e. The van der Waals surface area contributed by atoms with E-state index in [0.717, 1.165) is 5.69 Å². The lowest BCUT2D eigenvalue weighted by Crippen LogP contribution is -2.14. The topological polar surface area (TPSA) is 93.8 Å². The van der Waals surface area contributed by atoms with Crippen molar-refractivity contribution in [3.05, 3.63) is 46.1 Å².